The summed E-state index contributed by atoms with van der Waals surface area (Å²) in [5.74, 6) is 1.47. The molecular formula is C53H38O4S2. The summed E-state index contributed by atoms with van der Waals surface area (Å²) in [6, 6.07) is 57.5. The van der Waals surface area contributed by atoms with Crippen molar-refractivity contribution in [3.8, 4) is 44.9 Å². The van der Waals surface area contributed by atoms with Gasteiger partial charge in [0.05, 0.1) is 18.6 Å². The standard InChI is InChI=1S/C53H38O4S2/c54-23-25-56-39-21-17-33-27-37(19-15-35(33)29-39)53(38-20-16-36-30-40(57-26-24-55)22-18-34(36)28-38)51-43(9-5-11-45(51)47-31-58-49-13-3-1-7-41(47)49)44-10-6-12-46(52(44)53)48-32-59-50-14-4-2-8-42(48)50/h1-22,27-32,54-55H,23-26H2. The minimum Gasteiger partial charge on any atom is -0.491 e. The molecule has 0 saturated carbocycles. The lowest BCUT2D eigenvalue weighted by atomic mass is 9.64. The van der Waals surface area contributed by atoms with E-state index in [1.807, 2.05) is 12.1 Å². The van der Waals surface area contributed by atoms with Crippen molar-refractivity contribution in [3.05, 3.63) is 191 Å². The lowest BCUT2D eigenvalue weighted by Crippen LogP contribution is -2.30. The average Bonchev–Trinajstić information content (AvgIpc) is 4.01. The Morgan fingerprint density at radius 1 is 0.407 bits per heavy atom. The highest BCUT2D eigenvalue weighted by Gasteiger charge is 2.49. The Hall–Kier alpha value is -6.28. The van der Waals surface area contributed by atoms with Crippen molar-refractivity contribution in [2.45, 2.75) is 5.41 Å². The number of hydrogen-bond donors (Lipinski definition) is 2. The molecule has 10 aromatic rings. The lowest BCUT2D eigenvalue weighted by Gasteiger charge is -2.37. The van der Waals surface area contributed by atoms with Crippen LogP contribution >= 0.6 is 22.7 Å². The second-order valence-corrected chi connectivity index (χ2v) is 16.9. The third-order valence-corrected chi connectivity index (χ3v) is 13.8. The van der Waals surface area contributed by atoms with Crippen LogP contribution in [0.2, 0.25) is 0 Å². The first-order valence-electron chi connectivity index (χ1n) is 19.9. The first-order chi connectivity index (χ1) is 29.1. The molecule has 8 aromatic carbocycles. The van der Waals surface area contributed by atoms with Crippen molar-refractivity contribution < 1.29 is 19.7 Å². The predicted molar refractivity (Wildman–Crippen MR) is 246 cm³/mol. The molecule has 0 unspecified atom stereocenters. The van der Waals surface area contributed by atoms with Gasteiger partial charge in [0.2, 0.25) is 0 Å². The van der Waals surface area contributed by atoms with Gasteiger partial charge in [0, 0.05) is 31.3 Å². The number of aliphatic hydroxyl groups excluding tert-OH is 2. The van der Waals surface area contributed by atoms with Crippen LogP contribution in [0, 0.1) is 0 Å². The fourth-order valence-corrected chi connectivity index (χ4v) is 11.4. The van der Waals surface area contributed by atoms with Crippen molar-refractivity contribution in [1.82, 2.24) is 0 Å². The van der Waals surface area contributed by atoms with Crippen LogP contribution in [0.5, 0.6) is 11.5 Å². The summed E-state index contributed by atoms with van der Waals surface area (Å²) in [6.45, 7) is 0.421. The van der Waals surface area contributed by atoms with E-state index in [2.05, 4.69) is 156 Å². The third kappa shape index (κ3) is 5.70. The molecule has 0 fully saturated rings. The molecule has 2 heterocycles. The lowest BCUT2D eigenvalue weighted by molar-refractivity contribution is 0.201. The number of fused-ring (bicyclic) bond motifs is 7. The highest BCUT2D eigenvalue weighted by atomic mass is 32.1. The van der Waals surface area contributed by atoms with Gasteiger partial charge in [0.15, 0.2) is 0 Å². The average molecular weight is 803 g/mol. The molecule has 11 rings (SSSR count). The van der Waals surface area contributed by atoms with Gasteiger partial charge in [0.25, 0.3) is 0 Å². The molecule has 2 aromatic heterocycles. The van der Waals surface area contributed by atoms with Gasteiger partial charge >= 0.3 is 0 Å². The fourth-order valence-electron chi connectivity index (χ4n) is 9.47. The molecule has 0 aliphatic heterocycles. The van der Waals surface area contributed by atoms with E-state index >= 15 is 0 Å². The topological polar surface area (TPSA) is 58.9 Å². The van der Waals surface area contributed by atoms with Crippen LogP contribution in [0.4, 0.5) is 0 Å². The summed E-state index contributed by atoms with van der Waals surface area (Å²) in [6.07, 6.45) is 0. The van der Waals surface area contributed by atoms with Crippen LogP contribution < -0.4 is 9.47 Å². The van der Waals surface area contributed by atoms with Gasteiger partial charge < -0.3 is 19.7 Å². The molecule has 6 heteroatoms. The van der Waals surface area contributed by atoms with E-state index in [1.165, 1.54) is 75.8 Å². The van der Waals surface area contributed by atoms with Crippen LogP contribution in [0.25, 0.3) is 75.1 Å². The number of ether oxygens (including phenoxy) is 2. The number of rotatable bonds is 10. The number of thiophene rings is 2. The summed E-state index contributed by atoms with van der Waals surface area (Å²) >= 11 is 3.59. The minimum atomic E-state index is -0.759. The molecule has 0 saturated heterocycles. The van der Waals surface area contributed by atoms with Crippen LogP contribution in [0.3, 0.4) is 0 Å². The van der Waals surface area contributed by atoms with Crippen molar-refractivity contribution in [3.63, 3.8) is 0 Å². The Balaban J connectivity index is 1.28. The van der Waals surface area contributed by atoms with Crippen LogP contribution in [-0.2, 0) is 5.41 Å². The maximum absolute atomic E-state index is 9.47. The van der Waals surface area contributed by atoms with Gasteiger partial charge in [-0.15, -0.1) is 22.7 Å². The predicted octanol–water partition coefficient (Wildman–Crippen LogP) is 12.9. The monoisotopic (exact) mass is 802 g/mol. The molecular weight excluding hydrogens is 765 g/mol. The van der Waals surface area contributed by atoms with Gasteiger partial charge in [-0.3, -0.25) is 0 Å². The Morgan fingerprint density at radius 3 is 1.27 bits per heavy atom. The van der Waals surface area contributed by atoms with Gasteiger partial charge in [-0.1, -0.05) is 109 Å². The summed E-state index contributed by atoms with van der Waals surface area (Å²) < 4.78 is 14.3. The van der Waals surface area contributed by atoms with E-state index < -0.39 is 5.41 Å². The summed E-state index contributed by atoms with van der Waals surface area (Å²) in [5, 5.41) is 30.5. The normalized spacial score (nSPS) is 13.0. The fraction of sp³-hybridized carbons (Fsp3) is 0.0943. The highest BCUT2D eigenvalue weighted by Crippen LogP contribution is 2.62. The molecule has 0 spiro atoms. The second kappa shape index (κ2) is 14.5. The van der Waals surface area contributed by atoms with Gasteiger partial charge in [0.1, 0.15) is 24.7 Å². The van der Waals surface area contributed by atoms with Gasteiger partial charge in [-0.05, 0) is 125 Å². The Bertz CT molecular complexity index is 3010. The number of aliphatic hydroxyl groups is 2. The third-order valence-electron chi connectivity index (χ3n) is 11.9. The maximum atomic E-state index is 9.47. The Labute approximate surface area is 349 Å². The molecule has 0 atom stereocenters. The van der Waals surface area contributed by atoms with Crippen LogP contribution in [0.15, 0.2) is 168 Å². The molecule has 0 bridgehead atoms. The SMILES string of the molecule is OCCOc1ccc2cc(C3(c4ccc5cc(OCCO)ccc5c4)c4c(cccc4-c4csc5ccccc45)-c4cccc(-c5csc6ccccc56)c43)ccc2c1. The molecule has 2 N–H and O–H groups in total. The van der Waals surface area contributed by atoms with Gasteiger partial charge in [-0.25, -0.2) is 0 Å². The highest BCUT2D eigenvalue weighted by molar-refractivity contribution is 7.18. The zero-order valence-corrected chi connectivity index (χ0v) is 33.7. The van der Waals surface area contributed by atoms with E-state index in [-0.39, 0.29) is 26.4 Å². The number of hydrogen-bond acceptors (Lipinski definition) is 6. The smallest absolute Gasteiger partial charge is 0.120 e. The first-order valence-corrected chi connectivity index (χ1v) is 21.7. The summed E-state index contributed by atoms with van der Waals surface area (Å²) in [4.78, 5) is 0. The second-order valence-electron chi connectivity index (χ2n) is 15.1. The van der Waals surface area contributed by atoms with Gasteiger partial charge in [-0.2, -0.15) is 0 Å². The van der Waals surface area contributed by atoms with E-state index in [4.69, 9.17) is 9.47 Å². The maximum Gasteiger partial charge on any atom is 0.120 e. The van der Waals surface area contributed by atoms with E-state index in [0.29, 0.717) is 0 Å². The molecule has 4 nitrogen and oxygen atoms in total. The van der Waals surface area contributed by atoms with Crippen LogP contribution in [-0.4, -0.2) is 36.6 Å². The minimum absolute atomic E-state index is 0.0371. The quantitative estimate of drug-likeness (QED) is 0.145. The largest absolute Gasteiger partial charge is 0.491 e. The molecule has 0 radical (unpaired) electrons. The van der Waals surface area contributed by atoms with E-state index in [9.17, 15) is 10.2 Å². The Morgan fingerprint density at radius 2 is 0.814 bits per heavy atom. The first kappa shape index (κ1) is 35.8. The van der Waals surface area contributed by atoms with Crippen LogP contribution in [0.1, 0.15) is 22.3 Å². The zero-order valence-electron chi connectivity index (χ0n) is 32.0. The van der Waals surface area contributed by atoms with E-state index in [1.54, 1.807) is 22.7 Å². The molecule has 1 aliphatic carbocycles. The van der Waals surface area contributed by atoms with Crippen molar-refractivity contribution >= 4 is 64.4 Å². The molecule has 1 aliphatic rings. The van der Waals surface area contributed by atoms with Crippen molar-refractivity contribution in [2.24, 2.45) is 0 Å². The molecule has 59 heavy (non-hydrogen) atoms. The van der Waals surface area contributed by atoms with Crippen molar-refractivity contribution in [1.29, 1.82) is 0 Å². The number of benzene rings is 8. The molecule has 286 valence electrons. The van der Waals surface area contributed by atoms with Crippen molar-refractivity contribution in [2.75, 3.05) is 26.4 Å². The summed E-state index contributed by atoms with van der Waals surface area (Å²) in [5.41, 5.74) is 11.5. The molecule has 0 amide bonds. The summed E-state index contributed by atoms with van der Waals surface area (Å²) in [7, 11) is 0. The zero-order chi connectivity index (χ0) is 39.5. The van der Waals surface area contributed by atoms with E-state index in [0.717, 1.165) is 33.0 Å². The Kier molecular flexibility index (Phi) is 8.82.